The van der Waals surface area contributed by atoms with E-state index in [0.717, 1.165) is 28.3 Å². The van der Waals surface area contributed by atoms with Gasteiger partial charge in [0, 0.05) is 28.9 Å². The van der Waals surface area contributed by atoms with Crippen LogP contribution in [0.25, 0.3) is 0 Å². The Bertz CT molecular complexity index is 1190. The monoisotopic (exact) mass is 542 g/mol. The normalized spacial score (nSPS) is 10.4. The van der Waals surface area contributed by atoms with Gasteiger partial charge in [-0.1, -0.05) is 142 Å². The van der Waals surface area contributed by atoms with Crippen LogP contribution in [0.2, 0.25) is 0 Å². The summed E-state index contributed by atoms with van der Waals surface area (Å²) in [5, 5.41) is 0. The minimum atomic E-state index is 0.0419. The van der Waals surface area contributed by atoms with Gasteiger partial charge in [0.25, 0.3) is 0 Å². The molecule has 4 rings (SSSR count). The quantitative estimate of drug-likeness (QED) is 0.243. The summed E-state index contributed by atoms with van der Waals surface area (Å²) in [6, 6.07) is 30.2. The number of hydrogen-bond acceptors (Lipinski definition) is 4. The van der Waals surface area contributed by atoms with Gasteiger partial charge in [0.15, 0.2) is 0 Å². The third kappa shape index (κ3) is 12.5. The molecular weight excluding hydrogens is 492 g/mol. The van der Waals surface area contributed by atoms with Crippen molar-refractivity contribution in [1.82, 2.24) is 9.97 Å². The standard InChI is InChI=1S/2C16H19NO.2C2H6/c1-16(2,3)14-10-7-11-17-15(14)18-12-13-8-5-4-6-9-13;1-16(2,3)14-10-7-11-15(17-14)18-12-13-8-5-4-6-9-13;2*1-2/h2*4-11H,12H2,1-3H3;2*1-2H3. The molecule has 0 atom stereocenters. The molecule has 216 valence electrons. The van der Waals surface area contributed by atoms with Crippen LogP contribution < -0.4 is 9.47 Å². The molecule has 0 unspecified atom stereocenters. The molecule has 40 heavy (non-hydrogen) atoms. The summed E-state index contributed by atoms with van der Waals surface area (Å²) in [7, 11) is 0. The predicted molar refractivity (Wildman–Crippen MR) is 170 cm³/mol. The zero-order valence-corrected chi connectivity index (χ0v) is 26.4. The van der Waals surface area contributed by atoms with E-state index in [1.54, 1.807) is 6.20 Å². The van der Waals surface area contributed by atoms with Crippen LogP contribution in [0.3, 0.4) is 0 Å². The van der Waals surface area contributed by atoms with Gasteiger partial charge >= 0.3 is 0 Å². The third-order valence-corrected chi connectivity index (χ3v) is 5.52. The Morgan fingerprint density at radius 1 is 0.550 bits per heavy atom. The molecule has 4 heteroatoms. The second-order valence-electron chi connectivity index (χ2n) is 10.8. The van der Waals surface area contributed by atoms with Gasteiger partial charge in [0.05, 0.1) is 0 Å². The Morgan fingerprint density at radius 3 is 1.57 bits per heavy atom. The van der Waals surface area contributed by atoms with Crippen LogP contribution in [0.15, 0.2) is 97.2 Å². The van der Waals surface area contributed by atoms with Crippen molar-refractivity contribution in [3.05, 3.63) is 120 Å². The number of aromatic nitrogens is 2. The Hall–Kier alpha value is -3.66. The van der Waals surface area contributed by atoms with E-state index in [1.807, 2.05) is 100 Å². The number of nitrogens with zero attached hydrogens (tertiary/aromatic N) is 2. The van der Waals surface area contributed by atoms with Crippen LogP contribution >= 0.6 is 0 Å². The maximum Gasteiger partial charge on any atom is 0.217 e. The van der Waals surface area contributed by atoms with Gasteiger partial charge in [0.2, 0.25) is 11.8 Å². The fourth-order valence-corrected chi connectivity index (χ4v) is 3.45. The van der Waals surface area contributed by atoms with E-state index in [-0.39, 0.29) is 10.8 Å². The van der Waals surface area contributed by atoms with Gasteiger partial charge in [-0.05, 0) is 28.7 Å². The summed E-state index contributed by atoms with van der Waals surface area (Å²) in [6.07, 6.45) is 1.77. The van der Waals surface area contributed by atoms with Crippen LogP contribution in [-0.2, 0) is 24.0 Å². The minimum Gasteiger partial charge on any atom is -0.473 e. The molecule has 2 aromatic carbocycles. The lowest BCUT2D eigenvalue weighted by Crippen LogP contribution is -2.14. The zero-order chi connectivity index (χ0) is 30.0. The average molecular weight is 543 g/mol. The molecule has 0 aliphatic rings. The topological polar surface area (TPSA) is 44.2 Å². The summed E-state index contributed by atoms with van der Waals surface area (Å²) in [4.78, 5) is 8.87. The minimum absolute atomic E-state index is 0.0419. The van der Waals surface area contributed by atoms with Crippen molar-refractivity contribution in [2.24, 2.45) is 0 Å². The first-order chi connectivity index (χ1) is 19.1. The Morgan fingerprint density at radius 2 is 1.07 bits per heavy atom. The van der Waals surface area contributed by atoms with Gasteiger partial charge in [-0.25, -0.2) is 9.97 Å². The van der Waals surface area contributed by atoms with Crippen LogP contribution in [0.1, 0.15) is 91.6 Å². The Kier molecular flexibility index (Phi) is 15.3. The zero-order valence-electron chi connectivity index (χ0n) is 26.4. The fourth-order valence-electron chi connectivity index (χ4n) is 3.45. The van der Waals surface area contributed by atoms with Crippen LogP contribution in [0.5, 0.6) is 11.8 Å². The van der Waals surface area contributed by atoms with E-state index in [0.29, 0.717) is 19.1 Å². The van der Waals surface area contributed by atoms with Crippen molar-refractivity contribution >= 4 is 0 Å². The molecule has 2 heterocycles. The first-order valence-corrected chi connectivity index (χ1v) is 14.4. The van der Waals surface area contributed by atoms with Crippen molar-refractivity contribution in [2.45, 2.75) is 93.3 Å². The highest BCUT2D eigenvalue weighted by Crippen LogP contribution is 2.29. The van der Waals surface area contributed by atoms with Gasteiger partial charge in [-0.2, -0.15) is 0 Å². The van der Waals surface area contributed by atoms with Crippen molar-refractivity contribution in [3.63, 3.8) is 0 Å². The molecule has 4 aromatic rings. The maximum atomic E-state index is 5.84. The molecule has 0 bridgehead atoms. The van der Waals surface area contributed by atoms with Crippen molar-refractivity contribution in [1.29, 1.82) is 0 Å². The van der Waals surface area contributed by atoms with E-state index < -0.39 is 0 Å². The van der Waals surface area contributed by atoms with Gasteiger partial charge in [-0.15, -0.1) is 0 Å². The summed E-state index contributed by atoms with van der Waals surface area (Å²) in [5.41, 5.74) is 4.59. The molecule has 0 radical (unpaired) electrons. The van der Waals surface area contributed by atoms with Crippen molar-refractivity contribution < 1.29 is 9.47 Å². The molecule has 0 saturated carbocycles. The van der Waals surface area contributed by atoms with Gasteiger partial charge < -0.3 is 9.47 Å². The number of ether oxygens (including phenoxy) is 2. The molecule has 0 fully saturated rings. The number of pyridine rings is 2. The second kappa shape index (κ2) is 17.8. The summed E-state index contributed by atoms with van der Waals surface area (Å²) >= 11 is 0. The van der Waals surface area contributed by atoms with E-state index in [9.17, 15) is 0 Å². The third-order valence-electron chi connectivity index (χ3n) is 5.52. The fraction of sp³-hybridized carbons (Fsp3) is 0.389. The molecule has 0 aliphatic heterocycles. The molecule has 0 saturated heterocycles. The summed E-state index contributed by atoms with van der Waals surface area (Å²) in [6.45, 7) is 22.1. The van der Waals surface area contributed by atoms with Gasteiger partial charge in [-0.3, -0.25) is 0 Å². The predicted octanol–water partition coefficient (Wildman–Crippen LogP) is 9.97. The van der Waals surface area contributed by atoms with E-state index in [1.165, 1.54) is 0 Å². The number of hydrogen-bond donors (Lipinski definition) is 0. The smallest absolute Gasteiger partial charge is 0.217 e. The Labute approximate surface area is 243 Å². The van der Waals surface area contributed by atoms with Crippen LogP contribution in [-0.4, -0.2) is 9.97 Å². The van der Waals surface area contributed by atoms with Crippen LogP contribution in [0, 0.1) is 0 Å². The van der Waals surface area contributed by atoms with E-state index in [4.69, 9.17) is 9.47 Å². The highest BCUT2D eigenvalue weighted by molar-refractivity contribution is 5.32. The summed E-state index contributed by atoms with van der Waals surface area (Å²) < 4.78 is 11.6. The van der Waals surface area contributed by atoms with Crippen molar-refractivity contribution in [2.75, 3.05) is 0 Å². The largest absolute Gasteiger partial charge is 0.473 e. The lowest BCUT2D eigenvalue weighted by Gasteiger charge is -2.21. The first-order valence-electron chi connectivity index (χ1n) is 14.4. The first kappa shape index (κ1) is 34.4. The highest BCUT2D eigenvalue weighted by atomic mass is 16.5. The maximum absolute atomic E-state index is 5.84. The van der Waals surface area contributed by atoms with E-state index in [2.05, 4.69) is 69.7 Å². The molecule has 0 amide bonds. The lowest BCUT2D eigenvalue weighted by molar-refractivity contribution is 0.285. The second-order valence-corrected chi connectivity index (χ2v) is 10.8. The van der Waals surface area contributed by atoms with Gasteiger partial charge in [0.1, 0.15) is 13.2 Å². The summed E-state index contributed by atoms with van der Waals surface area (Å²) in [5.74, 6) is 1.42. The SMILES string of the molecule is CC.CC.CC(C)(C)c1cccc(OCc2ccccc2)n1.CC(C)(C)c1cccnc1OCc1ccccc1. The number of benzene rings is 2. The number of rotatable bonds is 6. The highest BCUT2D eigenvalue weighted by Gasteiger charge is 2.19. The lowest BCUT2D eigenvalue weighted by atomic mass is 9.88. The Balaban J connectivity index is 0.000000356. The van der Waals surface area contributed by atoms with Crippen molar-refractivity contribution in [3.8, 4) is 11.8 Å². The van der Waals surface area contributed by atoms with E-state index >= 15 is 0 Å². The molecule has 0 aliphatic carbocycles. The molecule has 0 spiro atoms. The molecule has 4 nitrogen and oxygen atoms in total. The molecular formula is C36H50N2O2. The average Bonchev–Trinajstić information content (AvgIpc) is 2.98. The van der Waals surface area contributed by atoms with Crippen LogP contribution in [0.4, 0.5) is 0 Å². The molecule has 2 aromatic heterocycles. The molecule has 0 N–H and O–H groups in total.